The number of rotatable bonds is 5. The molecule has 0 aliphatic carbocycles. The van der Waals surface area contributed by atoms with E-state index in [9.17, 15) is 9.50 Å². The lowest BCUT2D eigenvalue weighted by molar-refractivity contribution is 0.0884. The molecule has 0 bridgehead atoms. The maximum atomic E-state index is 13.3. The molecule has 1 rings (SSSR count). The lowest BCUT2D eigenvalue weighted by Gasteiger charge is -2.19. The highest BCUT2D eigenvalue weighted by Crippen LogP contribution is 2.25. The van der Waals surface area contributed by atoms with Crippen LogP contribution in [-0.4, -0.2) is 18.8 Å². The van der Waals surface area contributed by atoms with E-state index in [1.54, 1.807) is 26.2 Å². The van der Waals surface area contributed by atoms with E-state index >= 15 is 0 Å². The molecule has 0 saturated heterocycles. The van der Waals surface area contributed by atoms with Crippen molar-refractivity contribution in [2.24, 2.45) is 5.92 Å². The molecule has 0 fully saturated rings. The summed E-state index contributed by atoms with van der Waals surface area (Å²) < 4.78 is 18.3. The van der Waals surface area contributed by atoms with Gasteiger partial charge in [0.2, 0.25) is 0 Å². The maximum absolute atomic E-state index is 13.3. The maximum Gasteiger partial charge on any atom is 0.126 e. The molecule has 1 aromatic rings. The first-order chi connectivity index (χ1) is 7.56. The second-order valence-corrected chi connectivity index (χ2v) is 4.21. The predicted molar refractivity (Wildman–Crippen MR) is 61.8 cm³/mol. The van der Waals surface area contributed by atoms with Crippen LogP contribution in [0.1, 0.15) is 30.6 Å². The molecule has 0 spiro atoms. The Bertz CT molecular complexity index is 339. The van der Waals surface area contributed by atoms with Gasteiger partial charge in [0.1, 0.15) is 5.82 Å². The molecule has 1 N–H and O–H groups in total. The summed E-state index contributed by atoms with van der Waals surface area (Å²) in [6, 6.07) is 4.87. The lowest BCUT2D eigenvalue weighted by Crippen LogP contribution is -2.11. The van der Waals surface area contributed by atoms with Crippen molar-refractivity contribution in [2.45, 2.75) is 26.4 Å². The molecule has 16 heavy (non-hydrogen) atoms. The third-order valence-electron chi connectivity index (χ3n) is 2.85. The summed E-state index contributed by atoms with van der Waals surface area (Å²) in [6.07, 6.45) is 0.123. The van der Waals surface area contributed by atoms with Gasteiger partial charge in [0, 0.05) is 13.7 Å². The molecule has 0 heterocycles. The van der Waals surface area contributed by atoms with Gasteiger partial charge in [0.25, 0.3) is 0 Å². The molecule has 3 heteroatoms. The standard InChI is InChI=1S/C13H19FO2/c1-9-4-5-11(8-12(9)14)13(15)10(2)6-7-16-3/h4-5,8,10,13,15H,6-7H2,1-3H3. The molecule has 2 nitrogen and oxygen atoms in total. The predicted octanol–water partition coefficient (Wildman–Crippen LogP) is 2.84. The zero-order chi connectivity index (χ0) is 12.1. The minimum atomic E-state index is -0.634. The molecule has 0 radical (unpaired) electrons. The summed E-state index contributed by atoms with van der Waals surface area (Å²) in [5, 5.41) is 10.0. The van der Waals surface area contributed by atoms with Gasteiger partial charge in [-0.3, -0.25) is 0 Å². The van der Waals surface area contributed by atoms with Gasteiger partial charge in [0.15, 0.2) is 0 Å². The number of methoxy groups -OCH3 is 1. The molecule has 0 amide bonds. The van der Waals surface area contributed by atoms with Crippen molar-refractivity contribution in [3.05, 3.63) is 35.1 Å². The fourth-order valence-corrected chi connectivity index (χ4v) is 1.58. The van der Waals surface area contributed by atoms with Crippen LogP contribution in [0.15, 0.2) is 18.2 Å². The molecule has 1 aromatic carbocycles. The van der Waals surface area contributed by atoms with Crippen LogP contribution in [0.3, 0.4) is 0 Å². The number of hydrogen-bond donors (Lipinski definition) is 1. The molecule has 0 aliphatic rings. The van der Waals surface area contributed by atoms with Crippen molar-refractivity contribution in [3.63, 3.8) is 0 Å². The van der Waals surface area contributed by atoms with Crippen molar-refractivity contribution >= 4 is 0 Å². The van der Waals surface area contributed by atoms with E-state index in [0.29, 0.717) is 17.7 Å². The highest BCUT2D eigenvalue weighted by molar-refractivity contribution is 5.25. The van der Waals surface area contributed by atoms with Crippen LogP contribution in [-0.2, 0) is 4.74 Å². The van der Waals surface area contributed by atoms with Crippen LogP contribution in [0.5, 0.6) is 0 Å². The Labute approximate surface area is 96.1 Å². The van der Waals surface area contributed by atoms with Gasteiger partial charge in [-0.2, -0.15) is 0 Å². The molecule has 0 saturated carbocycles. The van der Waals surface area contributed by atoms with Gasteiger partial charge < -0.3 is 9.84 Å². The van der Waals surface area contributed by atoms with Crippen LogP contribution in [0, 0.1) is 18.7 Å². The zero-order valence-corrected chi connectivity index (χ0v) is 10.0. The quantitative estimate of drug-likeness (QED) is 0.836. The summed E-state index contributed by atoms with van der Waals surface area (Å²) in [5.41, 5.74) is 1.23. The van der Waals surface area contributed by atoms with E-state index in [1.807, 2.05) is 6.92 Å². The Morgan fingerprint density at radius 2 is 2.12 bits per heavy atom. The van der Waals surface area contributed by atoms with Crippen molar-refractivity contribution in [2.75, 3.05) is 13.7 Å². The van der Waals surface area contributed by atoms with E-state index in [1.165, 1.54) is 6.07 Å². The number of aliphatic hydroxyl groups excluding tert-OH is 1. The monoisotopic (exact) mass is 226 g/mol. The third kappa shape index (κ3) is 3.29. The molecule has 2 unspecified atom stereocenters. The van der Waals surface area contributed by atoms with Crippen LogP contribution in [0.25, 0.3) is 0 Å². The van der Waals surface area contributed by atoms with Crippen LogP contribution >= 0.6 is 0 Å². The summed E-state index contributed by atoms with van der Waals surface area (Å²) in [5.74, 6) is -0.211. The van der Waals surface area contributed by atoms with Gasteiger partial charge in [0.05, 0.1) is 6.10 Å². The smallest absolute Gasteiger partial charge is 0.126 e. The van der Waals surface area contributed by atoms with E-state index in [2.05, 4.69) is 0 Å². The normalized spacial score (nSPS) is 14.8. The van der Waals surface area contributed by atoms with Gasteiger partial charge in [-0.25, -0.2) is 4.39 Å². The summed E-state index contributed by atoms with van der Waals surface area (Å²) in [6.45, 7) is 4.24. The van der Waals surface area contributed by atoms with E-state index < -0.39 is 6.10 Å². The Morgan fingerprint density at radius 3 is 2.69 bits per heavy atom. The fraction of sp³-hybridized carbons (Fsp3) is 0.538. The van der Waals surface area contributed by atoms with Gasteiger partial charge in [-0.15, -0.1) is 0 Å². The largest absolute Gasteiger partial charge is 0.388 e. The SMILES string of the molecule is COCCC(C)C(O)c1ccc(C)c(F)c1. The third-order valence-corrected chi connectivity index (χ3v) is 2.85. The number of aliphatic hydroxyl groups is 1. The van der Waals surface area contributed by atoms with E-state index in [-0.39, 0.29) is 11.7 Å². The fourth-order valence-electron chi connectivity index (χ4n) is 1.58. The summed E-state index contributed by atoms with van der Waals surface area (Å²) >= 11 is 0. The average molecular weight is 226 g/mol. The number of benzene rings is 1. The average Bonchev–Trinajstić information content (AvgIpc) is 2.28. The van der Waals surface area contributed by atoms with Crippen LogP contribution < -0.4 is 0 Å². The Kier molecular flexibility index (Phi) is 4.90. The van der Waals surface area contributed by atoms with Crippen LogP contribution in [0.2, 0.25) is 0 Å². The van der Waals surface area contributed by atoms with E-state index in [0.717, 1.165) is 6.42 Å². The Balaban J connectivity index is 2.71. The van der Waals surface area contributed by atoms with Crippen LogP contribution in [0.4, 0.5) is 4.39 Å². The van der Waals surface area contributed by atoms with E-state index in [4.69, 9.17) is 4.74 Å². The Morgan fingerprint density at radius 1 is 1.44 bits per heavy atom. The second-order valence-electron chi connectivity index (χ2n) is 4.21. The lowest BCUT2D eigenvalue weighted by atomic mass is 9.94. The first-order valence-electron chi connectivity index (χ1n) is 5.49. The van der Waals surface area contributed by atoms with Gasteiger partial charge in [-0.1, -0.05) is 19.1 Å². The molecular formula is C13H19FO2. The number of aryl methyl sites for hydroxylation is 1. The number of halogens is 1. The molecule has 0 aliphatic heterocycles. The topological polar surface area (TPSA) is 29.5 Å². The highest BCUT2D eigenvalue weighted by Gasteiger charge is 2.16. The van der Waals surface area contributed by atoms with Gasteiger partial charge in [-0.05, 0) is 36.5 Å². The Hall–Kier alpha value is -0.930. The minimum absolute atomic E-state index is 0.0575. The molecule has 90 valence electrons. The summed E-state index contributed by atoms with van der Waals surface area (Å²) in [4.78, 5) is 0. The first-order valence-corrected chi connectivity index (χ1v) is 5.49. The highest BCUT2D eigenvalue weighted by atomic mass is 19.1. The van der Waals surface area contributed by atoms with Gasteiger partial charge >= 0.3 is 0 Å². The number of hydrogen-bond acceptors (Lipinski definition) is 2. The molecule has 2 atom stereocenters. The van der Waals surface area contributed by atoms with Crippen molar-refractivity contribution in [1.82, 2.24) is 0 Å². The second kappa shape index (κ2) is 5.97. The minimum Gasteiger partial charge on any atom is -0.388 e. The summed E-state index contributed by atoms with van der Waals surface area (Å²) in [7, 11) is 1.63. The first kappa shape index (κ1) is 13.1. The van der Waals surface area contributed by atoms with Crippen molar-refractivity contribution in [3.8, 4) is 0 Å². The zero-order valence-electron chi connectivity index (χ0n) is 10.0. The number of ether oxygens (including phenoxy) is 1. The molecular weight excluding hydrogens is 207 g/mol. The van der Waals surface area contributed by atoms with Crippen molar-refractivity contribution in [1.29, 1.82) is 0 Å². The molecule has 0 aromatic heterocycles. The van der Waals surface area contributed by atoms with Crippen molar-refractivity contribution < 1.29 is 14.2 Å².